The van der Waals surface area contributed by atoms with Gasteiger partial charge in [-0.15, -0.1) is 0 Å². The van der Waals surface area contributed by atoms with E-state index in [0.717, 1.165) is 17.4 Å². The van der Waals surface area contributed by atoms with Crippen LogP contribution in [-0.2, 0) is 6.42 Å². The molecule has 3 heteroatoms. The molecule has 0 bridgehead atoms. The molecule has 0 fully saturated rings. The number of rotatable bonds is 5. The van der Waals surface area contributed by atoms with Crippen molar-refractivity contribution in [2.75, 3.05) is 6.54 Å². The van der Waals surface area contributed by atoms with Gasteiger partial charge in [0.1, 0.15) is 0 Å². The summed E-state index contributed by atoms with van der Waals surface area (Å²) in [6.07, 6.45) is 1.11. The van der Waals surface area contributed by atoms with Crippen LogP contribution in [0.25, 0.3) is 0 Å². The maximum absolute atomic E-state index is 5.88. The molecule has 0 aliphatic rings. The van der Waals surface area contributed by atoms with E-state index in [9.17, 15) is 0 Å². The number of halogens is 1. The summed E-state index contributed by atoms with van der Waals surface area (Å²) in [5, 5.41) is 0. The predicted molar refractivity (Wildman–Crippen MR) is 78.5 cm³/mol. The first kappa shape index (κ1) is 13.9. The van der Waals surface area contributed by atoms with Gasteiger partial charge in [-0.05, 0) is 36.6 Å². The normalized spacial score (nSPS) is 13.8. The molecule has 90 valence electrons. The molecule has 0 saturated carbocycles. The summed E-state index contributed by atoms with van der Waals surface area (Å²) in [5.41, 5.74) is 7.27. The second-order valence-electron chi connectivity index (χ2n) is 5.70. The quantitative estimate of drug-likeness (QED) is 0.820. The smallest absolute Gasteiger partial charge is 0.0446 e. The third-order valence-corrected chi connectivity index (χ3v) is 4.94. The molecule has 0 heterocycles. The van der Waals surface area contributed by atoms with Crippen LogP contribution in [-0.4, -0.2) is 14.6 Å². The van der Waals surface area contributed by atoms with Crippen LogP contribution in [0.15, 0.2) is 28.7 Å². The predicted octanol–water partition coefficient (Wildman–Crippen LogP) is 3.90. The molecule has 1 aromatic carbocycles. The average molecular weight is 300 g/mol. The van der Waals surface area contributed by atoms with Gasteiger partial charge in [0, 0.05) is 12.5 Å². The van der Waals surface area contributed by atoms with Gasteiger partial charge >= 0.3 is 0 Å². The van der Waals surface area contributed by atoms with Crippen LogP contribution in [0.2, 0.25) is 25.7 Å². The molecule has 1 rings (SSSR count). The summed E-state index contributed by atoms with van der Waals surface area (Å²) in [7, 11) is -1.00. The minimum absolute atomic E-state index is 0.640. The summed E-state index contributed by atoms with van der Waals surface area (Å²) < 4.78 is 1.16. The van der Waals surface area contributed by atoms with Gasteiger partial charge in [-0.1, -0.05) is 53.7 Å². The fourth-order valence-corrected chi connectivity index (χ4v) is 4.59. The summed E-state index contributed by atoms with van der Waals surface area (Å²) in [4.78, 5) is 0. The maximum Gasteiger partial charge on any atom is 0.0446 e. The zero-order valence-electron chi connectivity index (χ0n) is 10.5. The van der Waals surface area contributed by atoms with Crippen LogP contribution >= 0.6 is 15.9 Å². The first-order valence-corrected chi connectivity index (χ1v) is 10.4. The molecular formula is C13H22BrNSi. The van der Waals surface area contributed by atoms with Crippen LogP contribution in [0.1, 0.15) is 5.56 Å². The summed E-state index contributed by atoms with van der Waals surface area (Å²) in [6, 6.07) is 9.88. The van der Waals surface area contributed by atoms with E-state index in [2.05, 4.69) is 59.8 Å². The zero-order chi connectivity index (χ0) is 12.2. The van der Waals surface area contributed by atoms with Gasteiger partial charge in [-0.2, -0.15) is 0 Å². The number of hydrogen-bond donors (Lipinski definition) is 1. The van der Waals surface area contributed by atoms with Crippen molar-refractivity contribution in [3.8, 4) is 0 Å². The van der Waals surface area contributed by atoms with E-state index in [0.29, 0.717) is 5.92 Å². The molecule has 0 saturated heterocycles. The number of benzene rings is 1. The highest BCUT2D eigenvalue weighted by Gasteiger charge is 2.19. The first-order valence-electron chi connectivity index (χ1n) is 5.85. The molecule has 1 unspecified atom stereocenters. The lowest BCUT2D eigenvalue weighted by Gasteiger charge is -2.23. The summed E-state index contributed by atoms with van der Waals surface area (Å²) >= 11 is 3.51. The Balaban J connectivity index is 2.63. The molecule has 0 aliphatic carbocycles. The van der Waals surface area contributed by atoms with Crippen molar-refractivity contribution in [2.45, 2.75) is 32.1 Å². The zero-order valence-corrected chi connectivity index (χ0v) is 13.0. The van der Waals surface area contributed by atoms with E-state index in [1.54, 1.807) is 0 Å². The minimum atomic E-state index is -1.00. The van der Waals surface area contributed by atoms with Crippen molar-refractivity contribution >= 4 is 24.0 Å². The molecular weight excluding hydrogens is 278 g/mol. The Morgan fingerprint density at radius 2 is 2.00 bits per heavy atom. The van der Waals surface area contributed by atoms with E-state index in [4.69, 9.17) is 5.73 Å². The van der Waals surface area contributed by atoms with Gasteiger partial charge in [0.25, 0.3) is 0 Å². The van der Waals surface area contributed by atoms with E-state index in [1.807, 2.05) is 0 Å². The lowest BCUT2D eigenvalue weighted by Crippen LogP contribution is -2.29. The topological polar surface area (TPSA) is 26.0 Å². The monoisotopic (exact) mass is 299 g/mol. The van der Waals surface area contributed by atoms with Crippen LogP contribution < -0.4 is 5.73 Å². The molecule has 16 heavy (non-hydrogen) atoms. The molecule has 0 radical (unpaired) electrons. The lowest BCUT2D eigenvalue weighted by molar-refractivity contribution is 0.584. The average Bonchev–Trinajstić information content (AvgIpc) is 2.14. The molecule has 0 amide bonds. The van der Waals surface area contributed by atoms with Crippen molar-refractivity contribution < 1.29 is 0 Å². The summed E-state index contributed by atoms with van der Waals surface area (Å²) in [5.74, 6) is 0.640. The van der Waals surface area contributed by atoms with Gasteiger partial charge in [0.05, 0.1) is 0 Å². The van der Waals surface area contributed by atoms with Gasteiger partial charge in [-0.3, -0.25) is 0 Å². The SMILES string of the molecule is C[Si](C)(C)CC(CN)Cc1cccc(Br)c1. The Morgan fingerprint density at radius 1 is 1.31 bits per heavy atom. The van der Waals surface area contributed by atoms with Crippen molar-refractivity contribution in [1.82, 2.24) is 0 Å². The number of nitrogens with two attached hydrogens (primary N) is 1. The Labute approximate surface area is 109 Å². The molecule has 1 nitrogen and oxygen atoms in total. The number of hydrogen-bond acceptors (Lipinski definition) is 1. The Morgan fingerprint density at radius 3 is 2.50 bits per heavy atom. The van der Waals surface area contributed by atoms with Gasteiger partial charge in [0.15, 0.2) is 0 Å². The van der Waals surface area contributed by atoms with Crippen LogP contribution in [0.3, 0.4) is 0 Å². The summed E-state index contributed by atoms with van der Waals surface area (Å²) in [6.45, 7) is 8.04. The highest BCUT2D eigenvalue weighted by molar-refractivity contribution is 9.10. The minimum Gasteiger partial charge on any atom is -0.330 e. The first-order chi connectivity index (χ1) is 7.40. The molecule has 0 aromatic heterocycles. The molecule has 0 spiro atoms. The van der Waals surface area contributed by atoms with Crippen LogP contribution in [0.5, 0.6) is 0 Å². The van der Waals surface area contributed by atoms with Crippen molar-refractivity contribution in [3.63, 3.8) is 0 Å². The van der Waals surface area contributed by atoms with E-state index >= 15 is 0 Å². The third-order valence-electron chi connectivity index (χ3n) is 2.65. The maximum atomic E-state index is 5.88. The standard InChI is InChI=1S/C13H22BrNSi/c1-16(2,3)10-12(9-15)7-11-5-4-6-13(14)8-11/h4-6,8,12H,7,9-10,15H2,1-3H3. The second-order valence-corrected chi connectivity index (χ2v) is 12.1. The lowest BCUT2D eigenvalue weighted by atomic mass is 10.0. The Kier molecular flexibility index (Phi) is 5.22. The molecule has 0 aliphatic heterocycles. The van der Waals surface area contributed by atoms with Gasteiger partial charge in [-0.25, -0.2) is 0 Å². The highest BCUT2D eigenvalue weighted by Crippen LogP contribution is 2.21. The highest BCUT2D eigenvalue weighted by atomic mass is 79.9. The van der Waals surface area contributed by atoms with Crippen molar-refractivity contribution in [1.29, 1.82) is 0 Å². The van der Waals surface area contributed by atoms with E-state index in [1.165, 1.54) is 11.6 Å². The van der Waals surface area contributed by atoms with E-state index < -0.39 is 8.07 Å². The van der Waals surface area contributed by atoms with Gasteiger partial charge in [0.2, 0.25) is 0 Å². The fourth-order valence-electron chi connectivity index (χ4n) is 2.10. The second kappa shape index (κ2) is 5.99. The largest absolute Gasteiger partial charge is 0.330 e. The molecule has 2 N–H and O–H groups in total. The van der Waals surface area contributed by atoms with Crippen molar-refractivity contribution in [3.05, 3.63) is 34.3 Å². The van der Waals surface area contributed by atoms with Crippen LogP contribution in [0.4, 0.5) is 0 Å². The van der Waals surface area contributed by atoms with Gasteiger partial charge < -0.3 is 5.73 Å². The Hall–Kier alpha value is -0.123. The van der Waals surface area contributed by atoms with Crippen LogP contribution in [0, 0.1) is 5.92 Å². The molecule has 1 atom stereocenters. The fraction of sp³-hybridized carbons (Fsp3) is 0.538. The van der Waals surface area contributed by atoms with E-state index in [-0.39, 0.29) is 0 Å². The Bertz CT molecular complexity index is 333. The third kappa shape index (κ3) is 5.28. The molecule has 1 aromatic rings. The van der Waals surface area contributed by atoms with Crippen molar-refractivity contribution in [2.24, 2.45) is 11.7 Å².